The number of carbonyl (C=O) groups is 1. The van der Waals surface area contributed by atoms with Crippen LogP contribution >= 0.6 is 0 Å². The number of aromatic nitrogens is 4. The first-order chi connectivity index (χ1) is 13.5. The van der Waals surface area contributed by atoms with Gasteiger partial charge < -0.3 is 9.72 Å². The van der Waals surface area contributed by atoms with Crippen molar-refractivity contribution in [3.05, 3.63) is 65.1 Å². The summed E-state index contributed by atoms with van der Waals surface area (Å²) >= 11 is 0. The molecular weight excluding hydrogens is 352 g/mol. The normalized spacial score (nSPS) is 11.1. The summed E-state index contributed by atoms with van der Waals surface area (Å²) in [6, 6.07) is 12.0. The highest BCUT2D eigenvalue weighted by Gasteiger charge is 2.16. The molecule has 4 rings (SSSR count). The second-order valence-corrected chi connectivity index (χ2v) is 6.85. The van der Waals surface area contributed by atoms with Crippen LogP contribution in [-0.2, 0) is 6.42 Å². The molecule has 0 aliphatic rings. The van der Waals surface area contributed by atoms with E-state index in [1.54, 1.807) is 6.20 Å². The summed E-state index contributed by atoms with van der Waals surface area (Å²) in [5, 5.41) is 7.96. The van der Waals surface area contributed by atoms with Crippen LogP contribution in [0, 0.1) is 13.8 Å². The average Bonchev–Trinajstić information content (AvgIpc) is 3.26. The Labute approximate surface area is 163 Å². The molecule has 4 aromatic rings. The molecule has 142 valence electrons. The van der Waals surface area contributed by atoms with E-state index in [4.69, 9.17) is 4.74 Å². The van der Waals surface area contributed by atoms with Gasteiger partial charge in [0.05, 0.1) is 6.61 Å². The third-order valence-corrected chi connectivity index (χ3v) is 4.86. The Morgan fingerprint density at radius 1 is 1.18 bits per heavy atom. The van der Waals surface area contributed by atoms with Crippen molar-refractivity contribution in [2.24, 2.45) is 0 Å². The van der Waals surface area contributed by atoms with E-state index in [1.165, 1.54) is 0 Å². The molecule has 0 aliphatic carbocycles. The molecule has 0 aliphatic heterocycles. The predicted molar refractivity (Wildman–Crippen MR) is 109 cm³/mol. The van der Waals surface area contributed by atoms with Crippen molar-refractivity contribution in [1.29, 1.82) is 0 Å². The molecule has 0 spiro atoms. The van der Waals surface area contributed by atoms with Gasteiger partial charge in [-0.05, 0) is 50.6 Å². The molecular formula is C22H22N4O2. The Balaban J connectivity index is 1.61. The van der Waals surface area contributed by atoms with Crippen LogP contribution in [0.3, 0.4) is 0 Å². The topological polar surface area (TPSA) is 83.7 Å². The van der Waals surface area contributed by atoms with Crippen LogP contribution in [0.1, 0.15) is 34.2 Å². The Bertz CT molecular complexity index is 1160. The Hall–Kier alpha value is -3.41. The van der Waals surface area contributed by atoms with E-state index >= 15 is 0 Å². The van der Waals surface area contributed by atoms with Crippen molar-refractivity contribution in [1.82, 2.24) is 20.2 Å². The van der Waals surface area contributed by atoms with Gasteiger partial charge >= 0.3 is 0 Å². The fourth-order valence-corrected chi connectivity index (χ4v) is 3.26. The number of Topliss-reactive ketones (excluding diaryl/α,β-unsaturated/α-hetero) is 1. The molecule has 6 nitrogen and oxygen atoms in total. The zero-order chi connectivity index (χ0) is 19.7. The van der Waals surface area contributed by atoms with Crippen LogP contribution in [0.2, 0.25) is 0 Å². The van der Waals surface area contributed by atoms with Crippen molar-refractivity contribution < 1.29 is 9.53 Å². The number of H-pyrrole nitrogens is 2. The number of ketones is 1. The zero-order valence-corrected chi connectivity index (χ0v) is 16.2. The molecule has 0 unspecified atom stereocenters. The maximum absolute atomic E-state index is 12.6. The monoisotopic (exact) mass is 374 g/mol. The van der Waals surface area contributed by atoms with Crippen LogP contribution in [0.5, 0.6) is 5.75 Å². The van der Waals surface area contributed by atoms with Gasteiger partial charge in [-0.2, -0.15) is 5.10 Å². The molecule has 0 bridgehead atoms. The average molecular weight is 374 g/mol. The van der Waals surface area contributed by atoms with Crippen LogP contribution in [0.4, 0.5) is 0 Å². The number of aryl methyl sites for hydroxylation is 1. The van der Waals surface area contributed by atoms with E-state index < -0.39 is 0 Å². The van der Waals surface area contributed by atoms with Crippen molar-refractivity contribution in [2.45, 2.75) is 27.2 Å². The number of ether oxygens (including phenoxy) is 1. The van der Waals surface area contributed by atoms with Crippen LogP contribution < -0.4 is 4.74 Å². The molecule has 0 saturated carbocycles. The molecule has 28 heavy (non-hydrogen) atoms. The van der Waals surface area contributed by atoms with Gasteiger partial charge in [0, 0.05) is 40.5 Å². The number of benzene rings is 1. The maximum atomic E-state index is 12.6. The number of nitrogens with zero attached hydrogens (tertiary/aromatic N) is 2. The summed E-state index contributed by atoms with van der Waals surface area (Å²) in [7, 11) is 0. The summed E-state index contributed by atoms with van der Waals surface area (Å²) in [5.41, 5.74) is 5.97. The third kappa shape index (κ3) is 3.41. The highest BCUT2D eigenvalue weighted by Crippen LogP contribution is 2.27. The van der Waals surface area contributed by atoms with E-state index in [1.807, 2.05) is 57.2 Å². The second kappa shape index (κ2) is 7.31. The Kier molecular flexibility index (Phi) is 4.69. The molecule has 0 amide bonds. The van der Waals surface area contributed by atoms with E-state index in [0.717, 1.165) is 44.9 Å². The molecule has 0 radical (unpaired) electrons. The SMILES string of the molecule is CCOc1cccc(-c2cc3cc(CC(=O)c4n[nH]c(C)c4C)cnc3[nH]2)c1. The molecule has 6 heteroatoms. The molecule has 0 atom stereocenters. The highest BCUT2D eigenvalue weighted by molar-refractivity contribution is 5.97. The van der Waals surface area contributed by atoms with Crippen molar-refractivity contribution in [2.75, 3.05) is 6.61 Å². The largest absolute Gasteiger partial charge is 0.494 e. The number of hydrogen-bond acceptors (Lipinski definition) is 4. The molecule has 2 N–H and O–H groups in total. The van der Waals surface area contributed by atoms with Crippen molar-refractivity contribution in [3.63, 3.8) is 0 Å². The summed E-state index contributed by atoms with van der Waals surface area (Å²) in [4.78, 5) is 20.4. The molecule has 0 fully saturated rings. The lowest BCUT2D eigenvalue weighted by atomic mass is 10.0. The first-order valence-electron chi connectivity index (χ1n) is 9.30. The van der Waals surface area contributed by atoms with Crippen LogP contribution in [0.15, 0.2) is 42.6 Å². The van der Waals surface area contributed by atoms with Crippen LogP contribution in [-0.4, -0.2) is 32.6 Å². The minimum atomic E-state index is -0.0109. The number of aromatic amines is 2. The fraction of sp³-hybridized carbons (Fsp3) is 0.227. The van der Waals surface area contributed by atoms with E-state index in [2.05, 4.69) is 20.2 Å². The van der Waals surface area contributed by atoms with E-state index in [0.29, 0.717) is 12.3 Å². The third-order valence-electron chi connectivity index (χ3n) is 4.86. The maximum Gasteiger partial charge on any atom is 0.187 e. The molecule has 1 aromatic carbocycles. The van der Waals surface area contributed by atoms with Gasteiger partial charge in [-0.15, -0.1) is 0 Å². The van der Waals surface area contributed by atoms with Crippen molar-refractivity contribution >= 4 is 16.8 Å². The minimum absolute atomic E-state index is 0.0109. The number of rotatable bonds is 6. The first-order valence-corrected chi connectivity index (χ1v) is 9.30. The lowest BCUT2D eigenvalue weighted by molar-refractivity contribution is 0.0987. The van der Waals surface area contributed by atoms with Gasteiger partial charge in [0.15, 0.2) is 5.78 Å². The lowest BCUT2D eigenvalue weighted by Gasteiger charge is -2.04. The number of fused-ring (bicyclic) bond motifs is 1. The summed E-state index contributed by atoms with van der Waals surface area (Å²) < 4.78 is 5.58. The lowest BCUT2D eigenvalue weighted by Crippen LogP contribution is -2.06. The standard InChI is InChI=1S/C22H22N4O2/c1-4-28-18-7-5-6-16(10-18)19-11-17-8-15(12-23-22(17)24-19)9-20(27)21-13(2)14(3)25-26-21/h5-8,10-12H,4,9H2,1-3H3,(H,23,24)(H,25,26). The van der Waals surface area contributed by atoms with Gasteiger partial charge in [-0.1, -0.05) is 12.1 Å². The molecule has 0 saturated heterocycles. The fourth-order valence-electron chi connectivity index (χ4n) is 3.26. The predicted octanol–water partition coefficient (Wildman–Crippen LogP) is 4.39. The highest BCUT2D eigenvalue weighted by atomic mass is 16.5. The van der Waals surface area contributed by atoms with E-state index in [9.17, 15) is 4.79 Å². The second-order valence-electron chi connectivity index (χ2n) is 6.85. The number of carbonyl (C=O) groups excluding carboxylic acids is 1. The van der Waals surface area contributed by atoms with E-state index in [-0.39, 0.29) is 12.2 Å². The summed E-state index contributed by atoms with van der Waals surface area (Å²) in [5.74, 6) is 0.825. The smallest absolute Gasteiger partial charge is 0.187 e. The zero-order valence-electron chi connectivity index (χ0n) is 16.2. The van der Waals surface area contributed by atoms with Crippen molar-refractivity contribution in [3.8, 4) is 17.0 Å². The number of hydrogen-bond donors (Lipinski definition) is 2. The Morgan fingerprint density at radius 3 is 2.79 bits per heavy atom. The van der Waals surface area contributed by atoms with Gasteiger partial charge in [0.1, 0.15) is 17.1 Å². The van der Waals surface area contributed by atoms with Gasteiger partial charge in [0.25, 0.3) is 0 Å². The summed E-state index contributed by atoms with van der Waals surface area (Å²) in [6.07, 6.45) is 2.01. The van der Waals surface area contributed by atoms with Gasteiger partial charge in [0.2, 0.25) is 0 Å². The quantitative estimate of drug-likeness (QED) is 0.490. The summed E-state index contributed by atoms with van der Waals surface area (Å²) in [6.45, 7) is 6.41. The number of pyridine rings is 1. The van der Waals surface area contributed by atoms with Gasteiger partial charge in [-0.25, -0.2) is 4.98 Å². The Morgan fingerprint density at radius 2 is 2.04 bits per heavy atom. The molecule has 3 heterocycles. The molecule has 3 aromatic heterocycles. The van der Waals surface area contributed by atoms with Crippen LogP contribution in [0.25, 0.3) is 22.3 Å². The first kappa shape index (κ1) is 18.0. The minimum Gasteiger partial charge on any atom is -0.494 e. The van der Waals surface area contributed by atoms with Gasteiger partial charge in [-0.3, -0.25) is 9.89 Å². The number of nitrogens with one attached hydrogen (secondary N) is 2.